The summed E-state index contributed by atoms with van der Waals surface area (Å²) in [4.78, 5) is 20.1. The van der Waals surface area contributed by atoms with E-state index in [9.17, 15) is 44.3 Å². The highest BCUT2D eigenvalue weighted by Crippen LogP contribution is 2.37. The third-order valence-corrected chi connectivity index (χ3v) is 5.73. The summed E-state index contributed by atoms with van der Waals surface area (Å²) in [6, 6.07) is -0.886. The van der Waals surface area contributed by atoms with Crippen LogP contribution in [0.3, 0.4) is 0 Å². The van der Waals surface area contributed by atoms with Crippen LogP contribution in [0.1, 0.15) is 35.0 Å². The molecule has 1 atom stereocenters. The number of ether oxygens (including phenoxy) is 1. The van der Waals surface area contributed by atoms with Crippen LogP contribution in [-0.4, -0.2) is 49.1 Å². The number of rotatable bonds is 7. The molecule has 0 aliphatic carbocycles. The second-order valence-corrected chi connectivity index (χ2v) is 8.73. The van der Waals surface area contributed by atoms with Crippen LogP contribution < -0.4 is 15.8 Å². The number of alkyl halides is 9. The van der Waals surface area contributed by atoms with Gasteiger partial charge in [0.1, 0.15) is 16.8 Å². The number of fused-ring (bicyclic) bond motifs is 1. The molecule has 0 amide bonds. The summed E-state index contributed by atoms with van der Waals surface area (Å²) in [5.74, 6) is -0.196. The van der Waals surface area contributed by atoms with Gasteiger partial charge in [0, 0.05) is 25.0 Å². The second kappa shape index (κ2) is 10.6. The van der Waals surface area contributed by atoms with Crippen LogP contribution in [0.4, 0.5) is 51.1 Å². The molecule has 0 saturated heterocycles. The summed E-state index contributed by atoms with van der Waals surface area (Å²) in [6.07, 6.45) is -12.7. The van der Waals surface area contributed by atoms with Crippen LogP contribution in [0.25, 0.3) is 0 Å². The van der Waals surface area contributed by atoms with Gasteiger partial charge in [0.05, 0.1) is 49.4 Å². The van der Waals surface area contributed by atoms with Gasteiger partial charge in [0.2, 0.25) is 5.95 Å². The second-order valence-electron chi connectivity index (χ2n) is 8.73. The number of hydrogen-bond acceptors (Lipinski definition) is 8. The van der Waals surface area contributed by atoms with E-state index in [0.717, 1.165) is 10.9 Å². The van der Waals surface area contributed by atoms with Gasteiger partial charge in [-0.15, -0.1) is 0 Å². The van der Waals surface area contributed by atoms with Crippen molar-refractivity contribution < 1.29 is 44.3 Å². The minimum atomic E-state index is -4.99. The summed E-state index contributed by atoms with van der Waals surface area (Å²) < 4.78 is 126. The topological polar surface area (TPSA) is 114 Å². The maximum absolute atomic E-state index is 14.0. The van der Waals surface area contributed by atoms with Crippen molar-refractivity contribution in [3.8, 4) is 0 Å². The zero-order valence-electron chi connectivity index (χ0n) is 20.2. The summed E-state index contributed by atoms with van der Waals surface area (Å²) in [5.41, 5.74) is -6.61. The van der Waals surface area contributed by atoms with E-state index in [1.54, 1.807) is 5.10 Å². The molecule has 3 aromatic heterocycles. The summed E-state index contributed by atoms with van der Waals surface area (Å²) in [5, 5.41) is 11.4. The number of aromatic amines is 1. The molecule has 0 aromatic carbocycles. The van der Waals surface area contributed by atoms with Gasteiger partial charge in [-0.25, -0.2) is 15.1 Å². The van der Waals surface area contributed by atoms with Gasteiger partial charge >= 0.3 is 18.5 Å². The van der Waals surface area contributed by atoms with Crippen molar-refractivity contribution in [3.63, 3.8) is 0 Å². The van der Waals surface area contributed by atoms with Crippen molar-refractivity contribution in [1.29, 1.82) is 0 Å². The van der Waals surface area contributed by atoms with Gasteiger partial charge < -0.3 is 15.0 Å². The van der Waals surface area contributed by atoms with Gasteiger partial charge in [0.15, 0.2) is 0 Å². The van der Waals surface area contributed by atoms with Crippen molar-refractivity contribution in [3.05, 3.63) is 57.0 Å². The van der Waals surface area contributed by atoms with E-state index in [-0.39, 0.29) is 31.3 Å². The highest BCUT2D eigenvalue weighted by molar-refractivity contribution is 5.50. The Morgan fingerprint density at radius 2 is 1.62 bits per heavy atom. The average Bonchev–Trinajstić information content (AvgIpc) is 3.20. The zero-order chi connectivity index (χ0) is 29.5. The molecule has 3 aromatic rings. The Morgan fingerprint density at radius 3 is 2.23 bits per heavy atom. The molecule has 4 heterocycles. The van der Waals surface area contributed by atoms with Crippen molar-refractivity contribution in [2.45, 2.75) is 51.2 Å². The van der Waals surface area contributed by atoms with E-state index in [0.29, 0.717) is 12.4 Å². The maximum Gasteiger partial charge on any atom is 0.423 e. The normalized spacial score (nSPS) is 15.2. The number of aromatic nitrogens is 6. The lowest BCUT2D eigenvalue weighted by molar-refractivity contribution is -0.140. The molecule has 0 spiro atoms. The number of hydrogen-bond donors (Lipinski definition) is 2. The van der Waals surface area contributed by atoms with E-state index in [2.05, 4.69) is 25.5 Å². The Hall–Kier alpha value is -3.90. The molecule has 1 aliphatic rings. The average molecular weight is 586 g/mol. The van der Waals surface area contributed by atoms with Gasteiger partial charge in [-0.1, -0.05) is 0 Å². The van der Waals surface area contributed by atoms with Gasteiger partial charge in [-0.2, -0.15) is 49.7 Å². The van der Waals surface area contributed by atoms with Crippen LogP contribution in [0, 0.1) is 0 Å². The Bertz CT molecular complexity index is 1400. The largest absolute Gasteiger partial charge is 0.423 e. The highest BCUT2D eigenvalue weighted by atomic mass is 19.4. The first-order chi connectivity index (χ1) is 18.6. The minimum absolute atomic E-state index is 0.0590. The summed E-state index contributed by atoms with van der Waals surface area (Å²) in [6.45, 7) is -0.0412. The van der Waals surface area contributed by atoms with Crippen LogP contribution in [0.2, 0.25) is 0 Å². The van der Waals surface area contributed by atoms with E-state index < -0.39 is 71.4 Å². The first-order valence-corrected chi connectivity index (χ1v) is 11.3. The molecule has 10 nitrogen and oxygen atoms in total. The first kappa shape index (κ1) is 29.1. The molecule has 2 N–H and O–H groups in total. The standard InChI is InChI=1S/C21H19F9N8O2/c1-10(34-12-6-33-35-17(39)16(12)21(28,29)30)8-40-9-13-15(20(25,26)27)14-7-37(2-3-38(14)36-13)18-31-4-11(5-32-18)19(22,23)24/h4-6,10H,2-3,7-9H2,1H3,(H2,34,35,39)/t10-/m0/s1. The van der Waals surface area contributed by atoms with Crippen molar-refractivity contribution in [2.24, 2.45) is 0 Å². The predicted octanol–water partition coefficient (Wildman–Crippen LogP) is 3.85. The molecule has 0 unspecified atom stereocenters. The van der Waals surface area contributed by atoms with Crippen molar-refractivity contribution in [2.75, 3.05) is 23.4 Å². The SMILES string of the molecule is C[C@@H](COCc1nn2c(c1C(F)(F)F)CN(c1ncc(C(F)(F)F)cn1)CC2)Nc1cn[nH]c(=O)c1C(F)(F)F. The zero-order valence-corrected chi connectivity index (χ0v) is 20.2. The van der Waals surface area contributed by atoms with E-state index >= 15 is 0 Å². The smallest absolute Gasteiger partial charge is 0.378 e. The summed E-state index contributed by atoms with van der Waals surface area (Å²) in [7, 11) is 0. The quantitative estimate of drug-likeness (QED) is 0.402. The molecular formula is C21H19F9N8O2. The predicted molar refractivity (Wildman–Crippen MR) is 118 cm³/mol. The van der Waals surface area contributed by atoms with Crippen molar-refractivity contribution in [1.82, 2.24) is 29.9 Å². The van der Waals surface area contributed by atoms with Crippen LogP contribution in [-0.2, 0) is 43.0 Å². The third kappa shape index (κ3) is 6.28. The number of halogens is 9. The van der Waals surface area contributed by atoms with Gasteiger partial charge in [-0.05, 0) is 6.92 Å². The lowest BCUT2D eigenvalue weighted by atomic mass is 10.1. The molecule has 0 radical (unpaired) electrons. The molecule has 19 heteroatoms. The molecule has 0 saturated carbocycles. The molecular weight excluding hydrogens is 567 g/mol. The third-order valence-electron chi connectivity index (χ3n) is 5.73. The molecule has 218 valence electrons. The number of H-pyrrole nitrogens is 1. The van der Waals surface area contributed by atoms with Crippen LogP contribution in [0.5, 0.6) is 0 Å². The fourth-order valence-electron chi connectivity index (χ4n) is 4.03. The molecule has 40 heavy (non-hydrogen) atoms. The monoisotopic (exact) mass is 586 g/mol. The molecule has 0 fully saturated rings. The summed E-state index contributed by atoms with van der Waals surface area (Å²) >= 11 is 0. The molecule has 1 aliphatic heterocycles. The maximum atomic E-state index is 14.0. The minimum Gasteiger partial charge on any atom is -0.378 e. The lowest BCUT2D eigenvalue weighted by Gasteiger charge is -2.28. The number of nitrogens with one attached hydrogen (secondary N) is 2. The van der Waals surface area contributed by atoms with Crippen LogP contribution in [0.15, 0.2) is 23.4 Å². The highest BCUT2D eigenvalue weighted by Gasteiger charge is 2.42. The van der Waals surface area contributed by atoms with E-state index in [1.807, 2.05) is 0 Å². The Kier molecular flexibility index (Phi) is 7.70. The van der Waals surface area contributed by atoms with Crippen LogP contribution >= 0.6 is 0 Å². The Balaban J connectivity index is 1.47. The number of anilines is 2. The van der Waals surface area contributed by atoms with Crippen molar-refractivity contribution >= 4 is 11.6 Å². The van der Waals surface area contributed by atoms with E-state index in [1.165, 1.54) is 11.8 Å². The Morgan fingerprint density at radius 1 is 0.975 bits per heavy atom. The Labute approximate surface area is 218 Å². The molecule has 4 rings (SSSR count). The fourth-order valence-corrected chi connectivity index (χ4v) is 4.03. The first-order valence-electron chi connectivity index (χ1n) is 11.3. The fraction of sp³-hybridized carbons (Fsp3) is 0.476. The van der Waals surface area contributed by atoms with Gasteiger partial charge in [0.25, 0.3) is 5.56 Å². The number of nitrogens with zero attached hydrogens (tertiary/aromatic N) is 6. The molecule has 0 bridgehead atoms. The van der Waals surface area contributed by atoms with E-state index in [4.69, 9.17) is 4.74 Å². The lowest BCUT2D eigenvalue weighted by Crippen LogP contribution is -2.36. The van der Waals surface area contributed by atoms with Gasteiger partial charge in [-0.3, -0.25) is 9.48 Å².